The van der Waals surface area contributed by atoms with Gasteiger partial charge in [0.1, 0.15) is 6.61 Å². The third-order valence-electron chi connectivity index (χ3n) is 3.05. The molecule has 0 aromatic rings. The van der Waals surface area contributed by atoms with Gasteiger partial charge in [0, 0.05) is 18.7 Å². The summed E-state index contributed by atoms with van der Waals surface area (Å²) in [4.78, 5) is 11.5. The maximum absolute atomic E-state index is 11.5. The van der Waals surface area contributed by atoms with E-state index in [0.717, 1.165) is 25.7 Å². The van der Waals surface area contributed by atoms with E-state index in [2.05, 4.69) is 5.32 Å². The maximum atomic E-state index is 11.5. The lowest BCUT2D eigenvalue weighted by Crippen LogP contribution is -2.43. The van der Waals surface area contributed by atoms with Gasteiger partial charge < -0.3 is 20.5 Å². The van der Waals surface area contributed by atoms with E-state index in [9.17, 15) is 4.79 Å². The second-order valence-corrected chi connectivity index (χ2v) is 4.99. The van der Waals surface area contributed by atoms with E-state index < -0.39 is 0 Å². The van der Waals surface area contributed by atoms with Crippen LogP contribution in [0.15, 0.2) is 0 Å². The Morgan fingerprint density at radius 3 is 2.71 bits per heavy atom. The Balaban J connectivity index is 2.11. The Morgan fingerprint density at radius 1 is 1.47 bits per heavy atom. The van der Waals surface area contributed by atoms with Gasteiger partial charge in [0.2, 0.25) is 5.91 Å². The normalized spacial score (nSPS) is 20.2. The van der Waals surface area contributed by atoms with E-state index >= 15 is 0 Å². The molecule has 1 aliphatic carbocycles. The minimum atomic E-state index is -0.210. The average Bonchev–Trinajstić information content (AvgIpc) is 2.65. The lowest BCUT2D eigenvalue weighted by Gasteiger charge is -2.23. The van der Waals surface area contributed by atoms with Crippen LogP contribution in [0, 0.1) is 0 Å². The first-order valence-electron chi connectivity index (χ1n) is 6.21. The first-order chi connectivity index (χ1) is 8.06. The first kappa shape index (κ1) is 14.4. The summed E-state index contributed by atoms with van der Waals surface area (Å²) in [7, 11) is 1.61. The molecule has 1 atom stereocenters. The van der Waals surface area contributed by atoms with Crippen molar-refractivity contribution >= 4 is 5.91 Å². The van der Waals surface area contributed by atoms with Gasteiger partial charge in [0.15, 0.2) is 0 Å². The Kier molecular flexibility index (Phi) is 5.88. The number of methoxy groups -OCH3 is 1. The number of carbonyl (C=O) groups is 1. The number of hydrogen-bond acceptors (Lipinski definition) is 4. The summed E-state index contributed by atoms with van der Waals surface area (Å²) in [5.74, 6) is -0.115. The van der Waals surface area contributed by atoms with Gasteiger partial charge in [0.25, 0.3) is 0 Å². The summed E-state index contributed by atoms with van der Waals surface area (Å²) in [5.41, 5.74) is 5.91. The van der Waals surface area contributed by atoms with E-state index in [1.807, 2.05) is 6.92 Å². The molecule has 1 aliphatic rings. The van der Waals surface area contributed by atoms with Crippen molar-refractivity contribution in [1.82, 2.24) is 5.32 Å². The van der Waals surface area contributed by atoms with E-state index in [4.69, 9.17) is 15.2 Å². The summed E-state index contributed by atoms with van der Waals surface area (Å²) < 4.78 is 10.3. The van der Waals surface area contributed by atoms with E-state index in [0.29, 0.717) is 13.2 Å². The average molecular weight is 244 g/mol. The van der Waals surface area contributed by atoms with Crippen LogP contribution in [0.2, 0.25) is 0 Å². The fraction of sp³-hybridized carbons (Fsp3) is 0.917. The van der Waals surface area contributed by atoms with Crippen molar-refractivity contribution in [2.75, 3.05) is 26.9 Å². The van der Waals surface area contributed by atoms with Gasteiger partial charge in [-0.05, 0) is 19.8 Å². The zero-order valence-electron chi connectivity index (χ0n) is 10.8. The minimum Gasteiger partial charge on any atom is -0.383 e. The predicted molar refractivity (Wildman–Crippen MR) is 65.7 cm³/mol. The van der Waals surface area contributed by atoms with Crippen LogP contribution in [0.3, 0.4) is 0 Å². The minimum absolute atomic E-state index is 0.00872. The second kappa shape index (κ2) is 6.93. The van der Waals surface area contributed by atoms with Gasteiger partial charge in [-0.15, -0.1) is 0 Å². The number of ether oxygens (including phenoxy) is 2. The molecule has 1 saturated carbocycles. The summed E-state index contributed by atoms with van der Waals surface area (Å²) in [6, 6.07) is 0.00872. The molecule has 17 heavy (non-hydrogen) atoms. The van der Waals surface area contributed by atoms with Gasteiger partial charge in [-0.3, -0.25) is 4.79 Å². The summed E-state index contributed by atoms with van der Waals surface area (Å²) >= 11 is 0. The van der Waals surface area contributed by atoms with Crippen molar-refractivity contribution < 1.29 is 14.3 Å². The smallest absolute Gasteiger partial charge is 0.246 e. The van der Waals surface area contributed by atoms with Crippen LogP contribution in [-0.4, -0.2) is 44.4 Å². The number of hydrogen-bond donors (Lipinski definition) is 2. The van der Waals surface area contributed by atoms with E-state index in [-0.39, 0.29) is 24.1 Å². The summed E-state index contributed by atoms with van der Waals surface area (Å²) in [6.07, 6.45) is 4.32. The second-order valence-electron chi connectivity index (χ2n) is 4.99. The predicted octanol–water partition coefficient (Wildman–Crippen LogP) is 0.426. The first-order valence-corrected chi connectivity index (χ1v) is 6.21. The Morgan fingerprint density at radius 2 is 2.12 bits per heavy atom. The Hall–Kier alpha value is -0.650. The largest absolute Gasteiger partial charge is 0.383 e. The third-order valence-corrected chi connectivity index (χ3v) is 3.05. The molecule has 1 amide bonds. The van der Waals surface area contributed by atoms with Gasteiger partial charge >= 0.3 is 0 Å². The maximum Gasteiger partial charge on any atom is 0.246 e. The van der Waals surface area contributed by atoms with Gasteiger partial charge in [-0.1, -0.05) is 12.8 Å². The highest BCUT2D eigenvalue weighted by atomic mass is 16.5. The molecule has 5 heteroatoms. The zero-order valence-corrected chi connectivity index (χ0v) is 10.8. The quantitative estimate of drug-likeness (QED) is 0.681. The molecule has 0 saturated heterocycles. The molecular formula is C12H24N2O3. The SMILES string of the molecule is COCC(C)NC(=O)COCC1(N)CCCC1. The molecule has 100 valence electrons. The highest BCUT2D eigenvalue weighted by Gasteiger charge is 2.29. The number of rotatable bonds is 7. The number of nitrogens with two attached hydrogens (primary N) is 1. The Bertz CT molecular complexity index is 240. The molecule has 1 rings (SSSR count). The number of carbonyl (C=O) groups excluding carboxylic acids is 1. The monoisotopic (exact) mass is 244 g/mol. The summed E-state index contributed by atoms with van der Waals surface area (Å²) in [6.45, 7) is 2.95. The van der Waals surface area contributed by atoms with Crippen molar-refractivity contribution in [2.45, 2.75) is 44.2 Å². The van der Waals surface area contributed by atoms with Gasteiger partial charge in [-0.2, -0.15) is 0 Å². The molecular weight excluding hydrogens is 220 g/mol. The van der Waals surface area contributed by atoms with E-state index in [1.54, 1.807) is 7.11 Å². The standard InChI is InChI=1S/C12H24N2O3/c1-10(7-16-2)14-11(15)8-17-9-12(13)5-3-4-6-12/h10H,3-9,13H2,1-2H3,(H,14,15). The van der Waals surface area contributed by atoms with E-state index in [1.165, 1.54) is 0 Å². The van der Waals surface area contributed by atoms with Crippen molar-refractivity contribution in [3.8, 4) is 0 Å². The molecule has 5 nitrogen and oxygen atoms in total. The molecule has 1 fully saturated rings. The third kappa shape index (κ3) is 5.48. The molecule has 0 aliphatic heterocycles. The molecule has 0 aromatic heterocycles. The van der Waals surface area contributed by atoms with Crippen LogP contribution in [0.5, 0.6) is 0 Å². The molecule has 0 radical (unpaired) electrons. The fourth-order valence-electron chi connectivity index (χ4n) is 2.18. The molecule has 1 unspecified atom stereocenters. The molecule has 0 aromatic carbocycles. The molecule has 0 bridgehead atoms. The highest BCUT2D eigenvalue weighted by molar-refractivity contribution is 5.77. The summed E-state index contributed by atoms with van der Waals surface area (Å²) in [5, 5.41) is 2.79. The molecule has 0 spiro atoms. The van der Waals surface area contributed by atoms with Crippen LogP contribution >= 0.6 is 0 Å². The van der Waals surface area contributed by atoms with Gasteiger partial charge in [-0.25, -0.2) is 0 Å². The van der Waals surface area contributed by atoms with Crippen molar-refractivity contribution in [2.24, 2.45) is 5.73 Å². The van der Waals surface area contributed by atoms with Crippen LogP contribution in [-0.2, 0) is 14.3 Å². The van der Waals surface area contributed by atoms with Crippen LogP contribution < -0.4 is 11.1 Å². The van der Waals surface area contributed by atoms with Crippen LogP contribution in [0.1, 0.15) is 32.6 Å². The number of nitrogens with one attached hydrogen (secondary N) is 1. The topological polar surface area (TPSA) is 73.6 Å². The number of amides is 1. The fourth-order valence-corrected chi connectivity index (χ4v) is 2.18. The van der Waals surface area contributed by atoms with Crippen molar-refractivity contribution in [1.29, 1.82) is 0 Å². The van der Waals surface area contributed by atoms with Crippen molar-refractivity contribution in [3.63, 3.8) is 0 Å². The van der Waals surface area contributed by atoms with Crippen LogP contribution in [0.25, 0.3) is 0 Å². The molecule has 3 N–H and O–H groups in total. The van der Waals surface area contributed by atoms with Crippen LogP contribution in [0.4, 0.5) is 0 Å². The highest BCUT2D eigenvalue weighted by Crippen LogP contribution is 2.27. The zero-order chi connectivity index (χ0) is 12.7. The molecule has 0 heterocycles. The van der Waals surface area contributed by atoms with Crippen molar-refractivity contribution in [3.05, 3.63) is 0 Å². The van der Waals surface area contributed by atoms with Gasteiger partial charge in [0.05, 0.1) is 13.2 Å². The lowest BCUT2D eigenvalue weighted by atomic mass is 10.0. The lowest BCUT2D eigenvalue weighted by molar-refractivity contribution is -0.127. The Labute approximate surface area is 103 Å².